The molecular formula is C38H38N2O10S. The van der Waals surface area contributed by atoms with Gasteiger partial charge in [-0.05, 0) is 47.2 Å². The van der Waals surface area contributed by atoms with Crippen LogP contribution in [0.2, 0.25) is 0 Å². The molecule has 5 aromatic rings. The van der Waals surface area contributed by atoms with Crippen LogP contribution in [0.1, 0.15) is 73.4 Å². The second-order valence-corrected chi connectivity index (χ2v) is 14.5. The van der Waals surface area contributed by atoms with E-state index >= 15 is 0 Å². The van der Waals surface area contributed by atoms with Gasteiger partial charge in [-0.1, -0.05) is 54.7 Å². The first-order chi connectivity index (χ1) is 24.1. The van der Waals surface area contributed by atoms with Gasteiger partial charge in [0.05, 0.1) is 20.9 Å². The average molecular weight is 715 g/mol. The van der Waals surface area contributed by atoms with Crippen LogP contribution in [-0.2, 0) is 39.4 Å². The third kappa shape index (κ3) is 8.43. The summed E-state index contributed by atoms with van der Waals surface area (Å²) in [4.78, 5) is 59.3. The molecule has 0 N–H and O–H groups in total. The molecule has 2 aromatic carbocycles. The van der Waals surface area contributed by atoms with Crippen molar-refractivity contribution in [2.45, 2.75) is 52.4 Å². The van der Waals surface area contributed by atoms with Crippen molar-refractivity contribution in [3.05, 3.63) is 84.0 Å². The Morgan fingerprint density at radius 3 is 1.37 bits per heavy atom. The lowest BCUT2D eigenvalue weighted by Crippen LogP contribution is -2.15. The Morgan fingerprint density at radius 1 is 0.647 bits per heavy atom. The molecule has 5 rings (SSSR count). The van der Waals surface area contributed by atoms with E-state index in [4.69, 9.17) is 37.7 Å². The number of rotatable bonds is 12. The van der Waals surface area contributed by atoms with Crippen molar-refractivity contribution in [3.8, 4) is 21.5 Å². The zero-order valence-electron chi connectivity index (χ0n) is 29.2. The van der Waals surface area contributed by atoms with Gasteiger partial charge in [0.2, 0.25) is 11.8 Å². The number of esters is 4. The van der Waals surface area contributed by atoms with Crippen LogP contribution in [0.3, 0.4) is 0 Å². The van der Waals surface area contributed by atoms with Crippen LogP contribution >= 0.6 is 11.3 Å². The summed E-state index contributed by atoms with van der Waals surface area (Å²) in [5.41, 5.74) is 3.33. The van der Waals surface area contributed by atoms with Crippen LogP contribution in [0.4, 0.5) is 0 Å². The Morgan fingerprint density at radius 2 is 1.02 bits per heavy atom. The number of fused-ring (bicyclic) bond motifs is 2. The predicted octanol–water partition coefficient (Wildman–Crippen LogP) is 7.73. The van der Waals surface area contributed by atoms with Gasteiger partial charge in [0.1, 0.15) is 37.5 Å². The molecule has 0 atom stereocenters. The number of oxazole rings is 2. The maximum Gasteiger partial charge on any atom is 0.338 e. The molecule has 266 valence electrons. The van der Waals surface area contributed by atoms with Crippen molar-refractivity contribution in [2.24, 2.45) is 0 Å². The second-order valence-electron chi connectivity index (χ2n) is 13.5. The van der Waals surface area contributed by atoms with Crippen molar-refractivity contribution in [2.75, 3.05) is 26.4 Å². The first-order valence-electron chi connectivity index (χ1n) is 16.0. The highest BCUT2D eigenvalue weighted by atomic mass is 32.1. The highest BCUT2D eigenvalue weighted by Gasteiger charge is 2.27. The van der Waals surface area contributed by atoms with Crippen LogP contribution in [-0.4, -0.2) is 60.3 Å². The standard InChI is InChI=1S/C38H38N2O10S/c1-9-29(41)45-13-15-47-35(43)21-17-23(37(3,4)5)31-25(19-21)39-33(49-31)27-11-12-28(51-27)34-40-26-20-22(18-24(32(26)50-34)38(6,7)8)36(44)48-16-14-46-30(42)10-2/h9-12,17-20H,1-2,13-16H2,3-8H3. The Kier molecular flexibility index (Phi) is 10.6. The molecule has 12 nitrogen and oxygen atoms in total. The van der Waals surface area contributed by atoms with E-state index in [1.807, 2.05) is 53.7 Å². The fourth-order valence-corrected chi connectivity index (χ4v) is 5.89. The Bertz CT molecular complexity index is 2010. The van der Waals surface area contributed by atoms with Gasteiger partial charge in [-0.3, -0.25) is 0 Å². The lowest BCUT2D eigenvalue weighted by molar-refractivity contribution is -0.139. The Hall–Kier alpha value is -5.56. The number of hydrogen-bond donors (Lipinski definition) is 0. The number of carbonyl (C=O) groups excluding carboxylic acids is 4. The van der Waals surface area contributed by atoms with Crippen LogP contribution in [0, 0.1) is 0 Å². The molecule has 0 radical (unpaired) electrons. The largest absolute Gasteiger partial charge is 0.459 e. The molecular weight excluding hydrogens is 676 g/mol. The molecule has 0 fully saturated rings. The zero-order valence-corrected chi connectivity index (χ0v) is 30.1. The average Bonchev–Trinajstić information content (AvgIpc) is 3.84. The van der Waals surface area contributed by atoms with E-state index in [9.17, 15) is 19.2 Å². The van der Waals surface area contributed by atoms with Crippen LogP contribution < -0.4 is 0 Å². The summed E-state index contributed by atoms with van der Waals surface area (Å²) in [5, 5.41) is 0. The zero-order chi connectivity index (χ0) is 37.1. The summed E-state index contributed by atoms with van der Waals surface area (Å²) >= 11 is 1.36. The summed E-state index contributed by atoms with van der Waals surface area (Å²) in [6, 6.07) is 10.4. The van der Waals surface area contributed by atoms with Crippen LogP contribution in [0.5, 0.6) is 0 Å². The van der Waals surface area contributed by atoms with E-state index in [-0.39, 0.29) is 37.6 Å². The lowest BCUT2D eigenvalue weighted by atomic mass is 9.85. The highest BCUT2D eigenvalue weighted by molar-refractivity contribution is 7.18. The number of thiophene rings is 1. The SMILES string of the molecule is C=CC(=O)OCCOC(=O)c1cc(C(C)(C)C)c2oc(-c3ccc(-c4nc5cc(C(=O)OCCOC(=O)C=C)cc(C(C)(C)C)c5o4)s3)nc2c1. The molecule has 0 aliphatic carbocycles. The first kappa shape index (κ1) is 36.7. The van der Waals surface area contributed by atoms with Crippen molar-refractivity contribution < 1.29 is 47.0 Å². The van der Waals surface area contributed by atoms with Crippen molar-refractivity contribution in [3.63, 3.8) is 0 Å². The molecule has 0 spiro atoms. The summed E-state index contributed by atoms with van der Waals surface area (Å²) in [5.74, 6) is -1.68. The fourth-order valence-electron chi connectivity index (χ4n) is 5.03. The smallest absolute Gasteiger partial charge is 0.338 e. The maximum atomic E-state index is 12.9. The van der Waals surface area contributed by atoms with Crippen molar-refractivity contribution in [1.29, 1.82) is 0 Å². The molecule has 3 aromatic heterocycles. The van der Waals surface area contributed by atoms with E-state index in [0.717, 1.165) is 23.3 Å². The van der Waals surface area contributed by atoms with E-state index < -0.39 is 34.7 Å². The minimum Gasteiger partial charge on any atom is -0.459 e. The second kappa shape index (κ2) is 14.7. The predicted molar refractivity (Wildman–Crippen MR) is 191 cm³/mol. The molecule has 0 saturated carbocycles. The van der Waals surface area contributed by atoms with Crippen molar-refractivity contribution in [1.82, 2.24) is 9.97 Å². The number of ether oxygens (including phenoxy) is 4. The molecule has 0 unspecified atom stereocenters. The number of carbonyl (C=O) groups is 4. The Labute approximate surface area is 298 Å². The summed E-state index contributed by atoms with van der Waals surface area (Å²) in [6.07, 6.45) is 2.07. The minimum absolute atomic E-state index is 0.0955. The fraction of sp³-hybridized carbons (Fsp3) is 0.316. The number of aromatic nitrogens is 2. The van der Waals surface area contributed by atoms with Crippen LogP contribution in [0.15, 0.2) is 70.5 Å². The quantitative estimate of drug-likeness (QED) is 0.0537. The van der Waals surface area contributed by atoms with Gasteiger partial charge in [-0.2, -0.15) is 0 Å². The summed E-state index contributed by atoms with van der Waals surface area (Å²) in [7, 11) is 0. The summed E-state index contributed by atoms with van der Waals surface area (Å²) < 4.78 is 33.0. The molecule has 0 saturated heterocycles. The number of benzene rings is 2. The topological polar surface area (TPSA) is 157 Å². The summed E-state index contributed by atoms with van der Waals surface area (Å²) in [6.45, 7) is 18.3. The molecule has 13 heteroatoms. The molecule has 0 aliphatic rings. The van der Waals surface area contributed by atoms with Gasteiger partial charge in [0.15, 0.2) is 11.2 Å². The van der Waals surface area contributed by atoms with Crippen molar-refractivity contribution >= 4 is 57.4 Å². The van der Waals surface area contributed by atoms with Gasteiger partial charge in [0.25, 0.3) is 0 Å². The third-order valence-electron chi connectivity index (χ3n) is 7.55. The monoisotopic (exact) mass is 714 g/mol. The van der Waals surface area contributed by atoms with E-state index in [1.54, 1.807) is 24.3 Å². The first-order valence-corrected chi connectivity index (χ1v) is 16.8. The molecule has 0 aliphatic heterocycles. The molecule has 0 amide bonds. The van der Waals surface area contributed by atoms with Gasteiger partial charge < -0.3 is 27.8 Å². The minimum atomic E-state index is -0.602. The number of nitrogens with zero attached hydrogens (tertiary/aromatic N) is 2. The lowest BCUT2D eigenvalue weighted by Gasteiger charge is -2.19. The number of hydrogen-bond acceptors (Lipinski definition) is 13. The molecule has 3 heterocycles. The molecule has 0 bridgehead atoms. The van der Waals surface area contributed by atoms with Crippen LogP contribution in [0.25, 0.3) is 43.7 Å². The normalized spacial score (nSPS) is 11.7. The maximum absolute atomic E-state index is 12.9. The molecule has 51 heavy (non-hydrogen) atoms. The third-order valence-corrected chi connectivity index (χ3v) is 8.61. The van der Waals surface area contributed by atoms with Gasteiger partial charge in [-0.15, -0.1) is 11.3 Å². The van der Waals surface area contributed by atoms with E-state index in [2.05, 4.69) is 13.2 Å². The highest BCUT2D eigenvalue weighted by Crippen LogP contribution is 2.40. The van der Waals surface area contributed by atoms with Gasteiger partial charge >= 0.3 is 23.9 Å². The Balaban J connectivity index is 1.43. The van der Waals surface area contributed by atoms with Gasteiger partial charge in [0, 0.05) is 23.3 Å². The van der Waals surface area contributed by atoms with E-state index in [1.165, 1.54) is 11.3 Å². The van der Waals surface area contributed by atoms with Gasteiger partial charge in [-0.25, -0.2) is 29.1 Å². The van der Waals surface area contributed by atoms with E-state index in [0.29, 0.717) is 43.7 Å².